The Hall–Kier alpha value is -1.40. The van der Waals surface area contributed by atoms with Crippen LogP contribution < -0.4 is 4.90 Å². The van der Waals surface area contributed by atoms with Crippen molar-refractivity contribution in [3.63, 3.8) is 0 Å². The predicted octanol–water partition coefficient (Wildman–Crippen LogP) is 3.59. The van der Waals surface area contributed by atoms with Crippen molar-refractivity contribution in [3.8, 4) is 0 Å². The van der Waals surface area contributed by atoms with E-state index in [1.54, 1.807) is 4.90 Å². The van der Waals surface area contributed by atoms with Crippen molar-refractivity contribution in [3.05, 3.63) is 35.3 Å². The monoisotopic (exact) mass is 279 g/mol. The van der Waals surface area contributed by atoms with Gasteiger partial charge in [0.1, 0.15) is 5.01 Å². The van der Waals surface area contributed by atoms with Crippen LogP contribution in [0.25, 0.3) is 0 Å². The van der Waals surface area contributed by atoms with Gasteiger partial charge >= 0.3 is 0 Å². The first-order valence-electron chi connectivity index (χ1n) is 5.55. The molecule has 0 aliphatic heterocycles. The second-order valence-electron chi connectivity index (χ2n) is 3.54. The van der Waals surface area contributed by atoms with E-state index in [-0.39, 0.29) is 5.24 Å². The molecule has 0 radical (unpaired) electrons. The van der Waals surface area contributed by atoms with Gasteiger partial charge in [-0.05, 0) is 37.5 Å². The maximum atomic E-state index is 12.2. The summed E-state index contributed by atoms with van der Waals surface area (Å²) in [6, 6.07) is 9.60. The average molecular weight is 279 g/mol. The Bertz CT molecular complexity index is 527. The van der Waals surface area contributed by atoms with E-state index in [0.29, 0.717) is 11.7 Å². The third kappa shape index (κ3) is 3.08. The maximum absolute atomic E-state index is 12.2. The van der Waals surface area contributed by atoms with Crippen LogP contribution >= 0.6 is 23.3 Å². The summed E-state index contributed by atoms with van der Waals surface area (Å²) in [5.74, 6) is 0. The van der Waals surface area contributed by atoms with Crippen molar-refractivity contribution < 1.29 is 4.79 Å². The normalized spacial score (nSPS) is 10.3. The molecule has 0 saturated carbocycles. The number of carbonyl (C=O) groups excluding carboxylic acids is 1. The standard InChI is InChI=1S/C12H13N3OS2/c1-3-15(10-7-5-4-6-8-10)12(16)17-11-13-9(2)18-14-11/h4-8H,3H2,1-2H3. The predicted molar refractivity (Wildman–Crippen MR) is 75.4 cm³/mol. The van der Waals surface area contributed by atoms with E-state index < -0.39 is 0 Å². The fourth-order valence-electron chi connectivity index (χ4n) is 1.48. The van der Waals surface area contributed by atoms with E-state index in [0.717, 1.165) is 22.5 Å². The zero-order chi connectivity index (χ0) is 13.0. The van der Waals surface area contributed by atoms with E-state index in [2.05, 4.69) is 9.36 Å². The Morgan fingerprint density at radius 1 is 1.39 bits per heavy atom. The molecule has 0 bridgehead atoms. The van der Waals surface area contributed by atoms with Gasteiger partial charge < -0.3 is 4.90 Å². The topological polar surface area (TPSA) is 46.1 Å². The third-order valence-corrected chi connectivity index (χ3v) is 3.79. The highest BCUT2D eigenvalue weighted by molar-refractivity contribution is 8.13. The lowest BCUT2D eigenvalue weighted by atomic mass is 10.3. The molecule has 0 N–H and O–H groups in total. The summed E-state index contributed by atoms with van der Waals surface area (Å²) in [6.07, 6.45) is 0. The molecular formula is C12H13N3OS2. The van der Waals surface area contributed by atoms with E-state index in [1.807, 2.05) is 44.2 Å². The minimum Gasteiger partial charge on any atom is -0.303 e. The fourth-order valence-corrected chi connectivity index (χ4v) is 2.86. The van der Waals surface area contributed by atoms with Gasteiger partial charge in [-0.3, -0.25) is 4.79 Å². The summed E-state index contributed by atoms with van der Waals surface area (Å²) in [5.41, 5.74) is 0.893. The molecule has 0 saturated heterocycles. The Balaban J connectivity index is 2.11. The zero-order valence-electron chi connectivity index (χ0n) is 10.2. The number of benzene rings is 1. The van der Waals surface area contributed by atoms with Crippen LogP contribution in [0, 0.1) is 6.92 Å². The largest absolute Gasteiger partial charge is 0.303 e. The summed E-state index contributed by atoms with van der Waals surface area (Å²) in [7, 11) is 0. The van der Waals surface area contributed by atoms with E-state index in [1.165, 1.54) is 11.5 Å². The van der Waals surface area contributed by atoms with Crippen LogP contribution in [-0.2, 0) is 0 Å². The van der Waals surface area contributed by atoms with Crippen molar-refractivity contribution in [1.29, 1.82) is 0 Å². The smallest absolute Gasteiger partial charge is 0.293 e. The van der Waals surface area contributed by atoms with Gasteiger partial charge in [-0.25, -0.2) is 4.98 Å². The van der Waals surface area contributed by atoms with Crippen molar-refractivity contribution in [2.24, 2.45) is 0 Å². The van der Waals surface area contributed by atoms with Crippen LogP contribution in [0.2, 0.25) is 0 Å². The molecule has 0 fully saturated rings. The number of hydrogen-bond acceptors (Lipinski definition) is 5. The van der Waals surface area contributed by atoms with Gasteiger partial charge in [0.25, 0.3) is 5.24 Å². The lowest BCUT2D eigenvalue weighted by Crippen LogP contribution is -2.26. The fraction of sp³-hybridized carbons (Fsp3) is 0.250. The molecule has 0 unspecified atom stereocenters. The first-order chi connectivity index (χ1) is 8.70. The second-order valence-corrected chi connectivity index (χ2v) is 5.42. The number of anilines is 1. The Morgan fingerprint density at radius 2 is 2.11 bits per heavy atom. The zero-order valence-corrected chi connectivity index (χ0v) is 11.8. The van der Waals surface area contributed by atoms with Gasteiger partial charge in [-0.2, -0.15) is 4.37 Å². The Labute approximate surface area is 114 Å². The summed E-state index contributed by atoms with van der Waals surface area (Å²) in [6.45, 7) is 4.45. The number of aryl methyl sites for hydroxylation is 1. The molecule has 94 valence electrons. The van der Waals surface area contributed by atoms with Crippen molar-refractivity contribution in [2.75, 3.05) is 11.4 Å². The molecule has 0 spiro atoms. The average Bonchev–Trinajstić information content (AvgIpc) is 2.77. The molecule has 6 heteroatoms. The maximum Gasteiger partial charge on any atom is 0.293 e. The number of hydrogen-bond donors (Lipinski definition) is 0. The number of amides is 1. The Kier molecular flexibility index (Phi) is 4.33. The number of rotatable bonds is 3. The lowest BCUT2D eigenvalue weighted by molar-refractivity contribution is 0.265. The minimum absolute atomic E-state index is 0.0542. The van der Waals surface area contributed by atoms with Crippen molar-refractivity contribution >= 4 is 34.2 Å². The van der Waals surface area contributed by atoms with Crippen LogP contribution in [-0.4, -0.2) is 21.1 Å². The van der Waals surface area contributed by atoms with Gasteiger partial charge in [-0.1, -0.05) is 18.2 Å². The molecule has 4 nitrogen and oxygen atoms in total. The van der Waals surface area contributed by atoms with Crippen LogP contribution in [0.4, 0.5) is 10.5 Å². The lowest BCUT2D eigenvalue weighted by Gasteiger charge is -2.19. The molecular weight excluding hydrogens is 266 g/mol. The number of carbonyl (C=O) groups is 1. The van der Waals surface area contributed by atoms with Gasteiger partial charge in [0.2, 0.25) is 5.16 Å². The number of thioether (sulfide) groups is 1. The van der Waals surface area contributed by atoms with E-state index >= 15 is 0 Å². The highest BCUT2D eigenvalue weighted by atomic mass is 32.2. The summed E-state index contributed by atoms with van der Waals surface area (Å²) in [5, 5.41) is 1.34. The number of nitrogens with zero attached hydrogens (tertiary/aromatic N) is 3. The highest BCUT2D eigenvalue weighted by Crippen LogP contribution is 2.23. The van der Waals surface area contributed by atoms with Crippen LogP contribution in [0.15, 0.2) is 35.5 Å². The molecule has 0 aliphatic carbocycles. The van der Waals surface area contributed by atoms with Gasteiger partial charge in [0.15, 0.2) is 0 Å². The molecule has 1 amide bonds. The first kappa shape index (κ1) is 13.0. The third-order valence-electron chi connectivity index (χ3n) is 2.29. The quantitative estimate of drug-likeness (QED) is 0.806. The second kappa shape index (κ2) is 5.97. The van der Waals surface area contributed by atoms with Crippen molar-refractivity contribution in [2.45, 2.75) is 19.0 Å². The molecule has 2 rings (SSSR count). The number of para-hydroxylation sites is 1. The van der Waals surface area contributed by atoms with Gasteiger partial charge in [0, 0.05) is 24.0 Å². The molecule has 1 heterocycles. The van der Waals surface area contributed by atoms with Crippen LogP contribution in [0.1, 0.15) is 11.9 Å². The Morgan fingerprint density at radius 3 is 2.67 bits per heavy atom. The first-order valence-corrected chi connectivity index (χ1v) is 7.14. The molecule has 0 atom stereocenters. The molecule has 18 heavy (non-hydrogen) atoms. The molecule has 0 aliphatic rings. The van der Waals surface area contributed by atoms with E-state index in [9.17, 15) is 4.79 Å². The summed E-state index contributed by atoms with van der Waals surface area (Å²) in [4.78, 5) is 18.1. The van der Waals surface area contributed by atoms with Crippen LogP contribution in [0.5, 0.6) is 0 Å². The summed E-state index contributed by atoms with van der Waals surface area (Å²) < 4.78 is 4.11. The SMILES string of the molecule is CCN(C(=O)Sc1nsc(C)n1)c1ccccc1. The van der Waals surface area contributed by atoms with Gasteiger partial charge in [-0.15, -0.1) is 0 Å². The summed E-state index contributed by atoms with van der Waals surface area (Å²) >= 11 is 2.38. The van der Waals surface area contributed by atoms with Crippen molar-refractivity contribution in [1.82, 2.24) is 9.36 Å². The van der Waals surface area contributed by atoms with E-state index in [4.69, 9.17) is 0 Å². The minimum atomic E-state index is -0.0542. The highest BCUT2D eigenvalue weighted by Gasteiger charge is 2.17. The molecule has 1 aromatic carbocycles. The van der Waals surface area contributed by atoms with Crippen LogP contribution in [0.3, 0.4) is 0 Å². The molecule has 2 aromatic rings. The number of aromatic nitrogens is 2. The molecule has 1 aromatic heterocycles. The van der Waals surface area contributed by atoms with Gasteiger partial charge in [0.05, 0.1) is 0 Å².